The van der Waals surface area contributed by atoms with Crippen molar-refractivity contribution in [3.8, 4) is 0 Å². The predicted octanol–water partition coefficient (Wildman–Crippen LogP) is 2.87. The average Bonchev–Trinajstić information content (AvgIpc) is 2.90. The first-order valence-corrected chi connectivity index (χ1v) is 6.34. The number of methoxy groups -OCH3 is 1. The Morgan fingerprint density at radius 1 is 1.25 bits per heavy atom. The molecule has 3 aromatic rings. The minimum absolute atomic E-state index is 0.307. The van der Waals surface area contributed by atoms with Gasteiger partial charge in [0.1, 0.15) is 0 Å². The number of aromatic nitrogens is 2. The molecule has 0 radical (unpaired) electrons. The summed E-state index contributed by atoms with van der Waals surface area (Å²) in [5, 5.41) is 1.09. The van der Waals surface area contributed by atoms with Crippen molar-refractivity contribution in [2.24, 2.45) is 0 Å². The van der Waals surface area contributed by atoms with E-state index in [2.05, 4.69) is 9.55 Å². The number of carbonyl (C=O) groups excluding carboxylic acids is 1. The molecule has 0 aliphatic heterocycles. The predicted molar refractivity (Wildman–Crippen MR) is 76.6 cm³/mol. The van der Waals surface area contributed by atoms with Gasteiger partial charge in [0.05, 0.1) is 18.2 Å². The molecule has 0 N–H and O–H groups in total. The molecule has 3 rings (SSSR count). The standard InChI is InChI=1S/C16H14N2O2/c1-20-16(19)14-5-3-2-4-13(14)11-18-9-7-12-10-17-8-6-15(12)18/h2-10H,11H2,1H3. The Morgan fingerprint density at radius 2 is 2.10 bits per heavy atom. The molecule has 4 nitrogen and oxygen atoms in total. The third-order valence-electron chi connectivity index (χ3n) is 3.33. The Hall–Kier alpha value is -2.62. The Morgan fingerprint density at radius 3 is 2.95 bits per heavy atom. The summed E-state index contributed by atoms with van der Waals surface area (Å²) in [6, 6.07) is 11.5. The van der Waals surface area contributed by atoms with Crippen LogP contribution in [0.4, 0.5) is 0 Å². The fraction of sp³-hybridized carbons (Fsp3) is 0.125. The van der Waals surface area contributed by atoms with Gasteiger partial charge in [0.2, 0.25) is 0 Å². The smallest absolute Gasteiger partial charge is 0.338 e. The maximum atomic E-state index is 11.8. The summed E-state index contributed by atoms with van der Waals surface area (Å²) in [7, 11) is 1.40. The van der Waals surface area contributed by atoms with E-state index in [0.717, 1.165) is 16.5 Å². The second-order valence-electron chi connectivity index (χ2n) is 4.53. The van der Waals surface area contributed by atoms with Crippen LogP contribution in [-0.2, 0) is 11.3 Å². The van der Waals surface area contributed by atoms with E-state index in [0.29, 0.717) is 12.1 Å². The van der Waals surface area contributed by atoms with Crippen molar-refractivity contribution in [3.05, 3.63) is 66.1 Å². The van der Waals surface area contributed by atoms with Gasteiger partial charge in [-0.2, -0.15) is 0 Å². The second kappa shape index (κ2) is 5.17. The van der Waals surface area contributed by atoms with Crippen LogP contribution in [0.15, 0.2) is 55.0 Å². The van der Waals surface area contributed by atoms with Crippen molar-refractivity contribution in [2.45, 2.75) is 6.54 Å². The third kappa shape index (κ3) is 2.16. The molecule has 0 aliphatic rings. The van der Waals surface area contributed by atoms with E-state index in [1.807, 2.05) is 42.7 Å². The number of hydrogen-bond donors (Lipinski definition) is 0. The van der Waals surface area contributed by atoms with Crippen molar-refractivity contribution in [1.82, 2.24) is 9.55 Å². The normalized spacial score (nSPS) is 10.7. The second-order valence-corrected chi connectivity index (χ2v) is 4.53. The van der Waals surface area contributed by atoms with Crippen molar-refractivity contribution in [1.29, 1.82) is 0 Å². The van der Waals surface area contributed by atoms with E-state index in [4.69, 9.17) is 4.74 Å². The van der Waals surface area contributed by atoms with Gasteiger partial charge < -0.3 is 9.30 Å². The molecule has 1 aromatic carbocycles. The zero-order chi connectivity index (χ0) is 13.9. The zero-order valence-corrected chi connectivity index (χ0v) is 11.1. The van der Waals surface area contributed by atoms with Gasteiger partial charge in [-0.15, -0.1) is 0 Å². The molecule has 0 unspecified atom stereocenters. The highest BCUT2D eigenvalue weighted by atomic mass is 16.5. The van der Waals surface area contributed by atoms with Gasteiger partial charge in [-0.3, -0.25) is 4.98 Å². The summed E-state index contributed by atoms with van der Waals surface area (Å²) in [5.41, 5.74) is 2.64. The van der Waals surface area contributed by atoms with Crippen LogP contribution >= 0.6 is 0 Å². The Kier molecular flexibility index (Phi) is 3.21. The SMILES string of the molecule is COC(=O)c1ccccc1Cn1ccc2cnccc21. The number of fused-ring (bicyclic) bond motifs is 1. The van der Waals surface area contributed by atoms with E-state index < -0.39 is 0 Å². The summed E-state index contributed by atoms with van der Waals surface area (Å²) in [6.07, 6.45) is 5.60. The van der Waals surface area contributed by atoms with Crippen LogP contribution in [0.3, 0.4) is 0 Å². The quantitative estimate of drug-likeness (QED) is 0.685. The van der Waals surface area contributed by atoms with Gasteiger partial charge in [-0.25, -0.2) is 4.79 Å². The minimum Gasteiger partial charge on any atom is -0.465 e. The Bertz CT molecular complexity index is 762. The lowest BCUT2D eigenvalue weighted by Gasteiger charge is -2.09. The van der Waals surface area contributed by atoms with Crippen LogP contribution in [0.2, 0.25) is 0 Å². The first kappa shape index (κ1) is 12.4. The third-order valence-corrected chi connectivity index (χ3v) is 3.33. The van der Waals surface area contributed by atoms with Crippen LogP contribution in [0.25, 0.3) is 10.9 Å². The Labute approximate surface area is 116 Å². The summed E-state index contributed by atoms with van der Waals surface area (Å²) in [6.45, 7) is 0.624. The molecule has 0 saturated heterocycles. The number of esters is 1. The fourth-order valence-corrected chi connectivity index (χ4v) is 2.33. The number of ether oxygens (including phenoxy) is 1. The lowest BCUT2D eigenvalue weighted by atomic mass is 10.1. The molecule has 0 saturated carbocycles. The van der Waals surface area contributed by atoms with Gasteiger partial charge in [0.25, 0.3) is 0 Å². The zero-order valence-electron chi connectivity index (χ0n) is 11.1. The van der Waals surface area contributed by atoms with Crippen LogP contribution in [0, 0.1) is 0 Å². The molecule has 20 heavy (non-hydrogen) atoms. The number of rotatable bonds is 3. The first-order chi connectivity index (χ1) is 9.79. The summed E-state index contributed by atoms with van der Waals surface area (Å²) in [5.74, 6) is -0.307. The van der Waals surface area contributed by atoms with Crippen LogP contribution in [-0.4, -0.2) is 22.6 Å². The maximum Gasteiger partial charge on any atom is 0.338 e. The molecule has 0 atom stereocenters. The molecule has 0 fully saturated rings. The van der Waals surface area contributed by atoms with Crippen molar-refractivity contribution >= 4 is 16.9 Å². The summed E-state index contributed by atoms with van der Waals surface area (Å²) < 4.78 is 6.92. The van der Waals surface area contributed by atoms with E-state index in [-0.39, 0.29) is 5.97 Å². The van der Waals surface area contributed by atoms with Crippen molar-refractivity contribution in [2.75, 3.05) is 7.11 Å². The van der Waals surface area contributed by atoms with Crippen LogP contribution in [0.5, 0.6) is 0 Å². The lowest BCUT2D eigenvalue weighted by Crippen LogP contribution is -2.08. The molecular weight excluding hydrogens is 252 g/mol. The number of pyridine rings is 1. The van der Waals surface area contributed by atoms with Gasteiger partial charge in [-0.1, -0.05) is 18.2 Å². The first-order valence-electron chi connectivity index (χ1n) is 6.34. The molecular formula is C16H14N2O2. The average molecular weight is 266 g/mol. The minimum atomic E-state index is -0.307. The molecule has 2 aromatic heterocycles. The summed E-state index contributed by atoms with van der Waals surface area (Å²) in [4.78, 5) is 15.9. The highest BCUT2D eigenvalue weighted by Crippen LogP contribution is 2.18. The number of carbonyl (C=O) groups is 1. The van der Waals surface area contributed by atoms with Crippen molar-refractivity contribution in [3.63, 3.8) is 0 Å². The van der Waals surface area contributed by atoms with E-state index >= 15 is 0 Å². The number of benzene rings is 1. The number of hydrogen-bond acceptors (Lipinski definition) is 3. The lowest BCUT2D eigenvalue weighted by molar-refractivity contribution is 0.0599. The van der Waals surface area contributed by atoms with Gasteiger partial charge >= 0.3 is 5.97 Å². The molecule has 0 spiro atoms. The van der Waals surface area contributed by atoms with E-state index in [1.54, 1.807) is 12.3 Å². The highest BCUT2D eigenvalue weighted by molar-refractivity contribution is 5.91. The van der Waals surface area contributed by atoms with Crippen molar-refractivity contribution < 1.29 is 9.53 Å². The maximum absolute atomic E-state index is 11.8. The Balaban J connectivity index is 2.01. The van der Waals surface area contributed by atoms with E-state index in [1.165, 1.54) is 7.11 Å². The largest absolute Gasteiger partial charge is 0.465 e. The molecule has 100 valence electrons. The van der Waals surface area contributed by atoms with Gasteiger partial charge in [0, 0.05) is 30.5 Å². The van der Waals surface area contributed by atoms with E-state index in [9.17, 15) is 4.79 Å². The van der Waals surface area contributed by atoms with Gasteiger partial charge in [-0.05, 0) is 23.8 Å². The van der Waals surface area contributed by atoms with Crippen LogP contribution < -0.4 is 0 Å². The molecule has 2 heterocycles. The monoisotopic (exact) mass is 266 g/mol. The summed E-state index contributed by atoms with van der Waals surface area (Å²) >= 11 is 0. The topological polar surface area (TPSA) is 44.1 Å². The molecule has 0 bridgehead atoms. The van der Waals surface area contributed by atoms with Crippen LogP contribution in [0.1, 0.15) is 15.9 Å². The molecule has 0 amide bonds. The molecule has 4 heteroatoms. The van der Waals surface area contributed by atoms with Gasteiger partial charge in [0.15, 0.2) is 0 Å². The molecule has 0 aliphatic carbocycles. The number of nitrogens with zero attached hydrogens (tertiary/aromatic N) is 2. The fourth-order valence-electron chi connectivity index (χ4n) is 2.33. The highest BCUT2D eigenvalue weighted by Gasteiger charge is 2.11.